The molecule has 0 aromatic heterocycles. The largest absolute Gasteiger partial charge is 0.341 e. The Kier molecular flexibility index (Phi) is 4.51. The maximum Gasteiger partial charge on any atom is 0.325 e. The van der Waals surface area contributed by atoms with Gasteiger partial charge in [-0.1, -0.05) is 13.8 Å². The van der Waals surface area contributed by atoms with Crippen LogP contribution in [0.1, 0.15) is 33.1 Å². The number of hydrogen-bond acceptors (Lipinski definition) is 4. The highest BCUT2D eigenvalue weighted by Gasteiger charge is 2.49. The summed E-state index contributed by atoms with van der Waals surface area (Å²) in [6.07, 6.45) is 1.94. The summed E-state index contributed by atoms with van der Waals surface area (Å²) in [7, 11) is 0. The van der Waals surface area contributed by atoms with Crippen molar-refractivity contribution in [2.45, 2.75) is 38.6 Å². The highest BCUT2D eigenvalue weighted by atomic mass is 16.2. The fraction of sp³-hybridized carbons (Fsp3) is 0.786. The van der Waals surface area contributed by atoms with Crippen LogP contribution in [0.25, 0.3) is 0 Å². The molecule has 2 saturated heterocycles. The molecule has 2 fully saturated rings. The van der Waals surface area contributed by atoms with Crippen LogP contribution in [0.2, 0.25) is 0 Å². The highest BCUT2D eigenvalue weighted by Crippen LogP contribution is 2.25. The number of nitrogens with one attached hydrogen (secondary N) is 1. The highest BCUT2D eigenvalue weighted by molar-refractivity contribution is 6.08. The second-order valence-electron chi connectivity index (χ2n) is 5.84. The number of rotatable bonds is 5. The zero-order valence-electron chi connectivity index (χ0n) is 12.7. The quantitative estimate of drug-likeness (QED) is 0.693. The van der Waals surface area contributed by atoms with Crippen molar-refractivity contribution in [1.29, 1.82) is 0 Å². The Morgan fingerprint density at radius 2 is 2.05 bits per heavy atom. The van der Waals surface area contributed by atoms with Crippen LogP contribution in [0.4, 0.5) is 4.79 Å². The summed E-state index contributed by atoms with van der Waals surface area (Å²) < 4.78 is 0. The summed E-state index contributed by atoms with van der Waals surface area (Å²) in [5.74, 6) is -0.152. The van der Waals surface area contributed by atoms with Gasteiger partial charge in [-0.25, -0.2) is 4.79 Å². The third-order valence-corrected chi connectivity index (χ3v) is 4.72. The van der Waals surface area contributed by atoms with Gasteiger partial charge < -0.3 is 16.0 Å². The van der Waals surface area contributed by atoms with E-state index in [0.717, 1.165) is 11.3 Å². The van der Waals surface area contributed by atoms with Crippen molar-refractivity contribution in [3.63, 3.8) is 0 Å². The molecule has 0 bridgehead atoms. The minimum absolute atomic E-state index is 0.177. The summed E-state index contributed by atoms with van der Waals surface area (Å²) in [5.41, 5.74) is 4.76. The SMILES string of the molecule is CCC1(CC)NC(=O)N(CC(=O)N2CC[C@@H](CN)C2)C1=O. The smallest absolute Gasteiger partial charge is 0.325 e. The molecule has 0 spiro atoms. The molecule has 2 rings (SSSR count). The number of amides is 4. The number of carbonyl (C=O) groups excluding carboxylic acids is 3. The number of urea groups is 1. The molecule has 0 aromatic rings. The van der Waals surface area contributed by atoms with Crippen molar-refractivity contribution in [2.24, 2.45) is 11.7 Å². The predicted octanol–water partition coefficient (Wildman–Crippen LogP) is -0.0958. The van der Waals surface area contributed by atoms with E-state index in [1.165, 1.54) is 0 Å². The maximum absolute atomic E-state index is 12.4. The van der Waals surface area contributed by atoms with Gasteiger partial charge in [0, 0.05) is 13.1 Å². The molecule has 3 N–H and O–H groups in total. The lowest BCUT2D eigenvalue weighted by atomic mass is 9.93. The molecule has 2 aliphatic rings. The van der Waals surface area contributed by atoms with Crippen LogP contribution in [-0.2, 0) is 9.59 Å². The average molecular weight is 296 g/mol. The van der Waals surface area contributed by atoms with Crippen molar-refractivity contribution < 1.29 is 14.4 Å². The fourth-order valence-electron chi connectivity index (χ4n) is 3.04. The molecule has 7 heteroatoms. The molecule has 1 atom stereocenters. The van der Waals surface area contributed by atoms with Crippen LogP contribution >= 0.6 is 0 Å². The third-order valence-electron chi connectivity index (χ3n) is 4.72. The number of imide groups is 1. The zero-order valence-corrected chi connectivity index (χ0v) is 12.7. The van der Waals surface area contributed by atoms with E-state index in [-0.39, 0.29) is 18.4 Å². The Hall–Kier alpha value is -1.63. The number of likely N-dealkylation sites (tertiary alicyclic amines) is 1. The van der Waals surface area contributed by atoms with Crippen molar-refractivity contribution >= 4 is 17.8 Å². The molecule has 21 heavy (non-hydrogen) atoms. The summed E-state index contributed by atoms with van der Waals surface area (Å²) >= 11 is 0. The lowest BCUT2D eigenvalue weighted by Crippen LogP contribution is -2.47. The first-order valence-corrected chi connectivity index (χ1v) is 7.59. The standard InChI is InChI=1S/C14H24N4O3/c1-3-14(4-2)12(20)18(13(21)16-14)9-11(19)17-6-5-10(7-15)8-17/h10H,3-9,15H2,1-2H3,(H,16,21)/t10-/m0/s1. The van der Waals surface area contributed by atoms with E-state index in [9.17, 15) is 14.4 Å². The molecule has 4 amide bonds. The second kappa shape index (κ2) is 6.01. The first-order valence-electron chi connectivity index (χ1n) is 7.59. The van der Waals surface area contributed by atoms with E-state index in [0.29, 0.717) is 38.4 Å². The van der Waals surface area contributed by atoms with Gasteiger partial charge in [0.2, 0.25) is 5.91 Å². The third kappa shape index (κ3) is 2.74. The van der Waals surface area contributed by atoms with Crippen molar-refractivity contribution in [2.75, 3.05) is 26.2 Å². The zero-order chi connectivity index (χ0) is 15.6. The van der Waals surface area contributed by atoms with Gasteiger partial charge in [0.1, 0.15) is 12.1 Å². The molecule has 2 heterocycles. The van der Waals surface area contributed by atoms with Crippen LogP contribution in [0.3, 0.4) is 0 Å². The van der Waals surface area contributed by atoms with Crippen LogP contribution in [-0.4, -0.2) is 59.4 Å². The van der Waals surface area contributed by atoms with Gasteiger partial charge in [-0.2, -0.15) is 0 Å². The first kappa shape index (κ1) is 15.8. The van der Waals surface area contributed by atoms with Crippen LogP contribution in [0.5, 0.6) is 0 Å². The van der Waals surface area contributed by atoms with Gasteiger partial charge in [-0.05, 0) is 31.7 Å². The molecule has 118 valence electrons. The molecule has 0 radical (unpaired) electrons. The Balaban J connectivity index is 2.01. The van der Waals surface area contributed by atoms with Gasteiger partial charge in [0.05, 0.1) is 0 Å². The van der Waals surface area contributed by atoms with Crippen molar-refractivity contribution in [3.8, 4) is 0 Å². The number of nitrogens with zero attached hydrogens (tertiary/aromatic N) is 2. The normalized spacial score (nSPS) is 24.6. The van der Waals surface area contributed by atoms with E-state index in [1.54, 1.807) is 4.90 Å². The topological polar surface area (TPSA) is 95.7 Å². The average Bonchev–Trinajstić information content (AvgIpc) is 3.05. The monoisotopic (exact) mass is 296 g/mol. The van der Waals surface area contributed by atoms with Crippen molar-refractivity contribution in [1.82, 2.24) is 15.1 Å². The Morgan fingerprint density at radius 3 is 2.52 bits per heavy atom. The number of carbonyl (C=O) groups is 3. The maximum atomic E-state index is 12.4. The Morgan fingerprint density at radius 1 is 1.38 bits per heavy atom. The van der Waals surface area contributed by atoms with Gasteiger partial charge in [-0.3, -0.25) is 14.5 Å². The molecule has 0 aliphatic carbocycles. The lowest BCUT2D eigenvalue weighted by molar-refractivity contribution is -0.138. The molecule has 0 aromatic carbocycles. The van der Waals surface area contributed by atoms with E-state index in [1.807, 2.05) is 13.8 Å². The molecular formula is C14H24N4O3. The molecular weight excluding hydrogens is 272 g/mol. The Labute approximate surface area is 124 Å². The number of hydrogen-bond donors (Lipinski definition) is 2. The van der Waals surface area contributed by atoms with Gasteiger partial charge in [0.15, 0.2) is 0 Å². The van der Waals surface area contributed by atoms with Gasteiger partial charge in [0.25, 0.3) is 5.91 Å². The Bertz CT molecular complexity index is 448. The summed E-state index contributed by atoms with van der Waals surface area (Å²) in [6.45, 7) is 5.37. The van der Waals surface area contributed by atoms with Crippen molar-refractivity contribution in [3.05, 3.63) is 0 Å². The molecule has 0 saturated carbocycles. The molecule has 2 aliphatic heterocycles. The van der Waals surface area contributed by atoms with E-state index < -0.39 is 11.6 Å². The fourth-order valence-corrected chi connectivity index (χ4v) is 3.04. The van der Waals surface area contributed by atoms with Crippen LogP contribution in [0.15, 0.2) is 0 Å². The summed E-state index contributed by atoms with van der Waals surface area (Å²) in [5, 5.41) is 2.73. The second-order valence-corrected chi connectivity index (χ2v) is 5.84. The minimum Gasteiger partial charge on any atom is -0.341 e. The number of nitrogens with two attached hydrogens (primary N) is 1. The van der Waals surface area contributed by atoms with Gasteiger partial charge in [-0.15, -0.1) is 0 Å². The summed E-state index contributed by atoms with van der Waals surface area (Å²) in [6, 6.07) is -0.466. The predicted molar refractivity (Wildman–Crippen MR) is 77.3 cm³/mol. The van der Waals surface area contributed by atoms with Crippen LogP contribution < -0.4 is 11.1 Å². The summed E-state index contributed by atoms with van der Waals surface area (Å²) in [4.78, 5) is 39.4. The first-order chi connectivity index (χ1) is 9.97. The van der Waals surface area contributed by atoms with Gasteiger partial charge >= 0.3 is 6.03 Å². The molecule has 7 nitrogen and oxygen atoms in total. The van der Waals surface area contributed by atoms with E-state index >= 15 is 0 Å². The van der Waals surface area contributed by atoms with Crippen LogP contribution in [0, 0.1) is 5.92 Å². The minimum atomic E-state index is -0.845. The molecule has 0 unspecified atom stereocenters. The lowest BCUT2D eigenvalue weighted by Gasteiger charge is -2.24. The van der Waals surface area contributed by atoms with E-state index in [2.05, 4.69) is 5.32 Å². The van der Waals surface area contributed by atoms with E-state index in [4.69, 9.17) is 5.73 Å².